The molecule has 0 saturated heterocycles. The van der Waals surface area contributed by atoms with E-state index < -0.39 is 5.97 Å². The lowest BCUT2D eigenvalue weighted by atomic mass is 10.5. The fourth-order valence-corrected chi connectivity index (χ4v) is 2.12. The number of carbonyl (C=O) groups is 2. The van der Waals surface area contributed by atoms with E-state index in [0.29, 0.717) is 17.0 Å². The van der Waals surface area contributed by atoms with Gasteiger partial charge in [0.25, 0.3) is 0 Å². The molecular weight excluding hydrogens is 256 g/mol. The Morgan fingerprint density at radius 3 is 2.83 bits per heavy atom. The van der Waals surface area contributed by atoms with Crippen LogP contribution in [0.25, 0.3) is 0 Å². The van der Waals surface area contributed by atoms with Gasteiger partial charge in [0.2, 0.25) is 5.91 Å². The van der Waals surface area contributed by atoms with Crippen molar-refractivity contribution < 1.29 is 14.7 Å². The van der Waals surface area contributed by atoms with Crippen LogP contribution < -0.4 is 5.32 Å². The lowest BCUT2D eigenvalue weighted by Gasteiger charge is -2.07. The molecule has 1 aliphatic rings. The topological polar surface area (TPSA) is 97.1 Å². The van der Waals surface area contributed by atoms with Gasteiger partial charge < -0.3 is 10.4 Å². The minimum Gasteiger partial charge on any atom is -0.481 e. The Morgan fingerprint density at radius 1 is 1.50 bits per heavy atom. The molecule has 0 bridgehead atoms. The van der Waals surface area contributed by atoms with Crippen LogP contribution >= 0.6 is 11.8 Å². The third kappa shape index (κ3) is 3.46. The van der Waals surface area contributed by atoms with Crippen molar-refractivity contribution in [2.24, 2.45) is 0 Å². The van der Waals surface area contributed by atoms with Gasteiger partial charge in [0, 0.05) is 6.04 Å². The van der Waals surface area contributed by atoms with Crippen LogP contribution in [-0.2, 0) is 16.1 Å². The van der Waals surface area contributed by atoms with Crippen molar-refractivity contribution in [1.82, 2.24) is 20.1 Å². The van der Waals surface area contributed by atoms with Crippen LogP contribution in [0.4, 0.5) is 0 Å². The molecule has 1 aromatic heterocycles. The average molecular weight is 270 g/mol. The van der Waals surface area contributed by atoms with Crippen LogP contribution in [0.15, 0.2) is 5.16 Å². The highest BCUT2D eigenvalue weighted by atomic mass is 32.2. The zero-order chi connectivity index (χ0) is 13.1. The second-order valence-electron chi connectivity index (χ2n) is 4.14. The third-order valence-electron chi connectivity index (χ3n) is 2.47. The van der Waals surface area contributed by atoms with Gasteiger partial charge in [-0.1, -0.05) is 11.8 Å². The predicted octanol–water partition coefficient (Wildman–Crippen LogP) is 0.0418. The first-order chi connectivity index (χ1) is 8.56. The Bertz CT molecular complexity index is 470. The molecule has 1 aliphatic carbocycles. The number of rotatable bonds is 6. The van der Waals surface area contributed by atoms with Crippen LogP contribution in [0, 0.1) is 6.92 Å². The smallest absolute Gasteiger partial charge is 0.313 e. The van der Waals surface area contributed by atoms with Crippen molar-refractivity contribution >= 4 is 23.6 Å². The summed E-state index contributed by atoms with van der Waals surface area (Å²) in [5.74, 6) is -0.497. The van der Waals surface area contributed by atoms with Crippen molar-refractivity contribution in [2.75, 3.05) is 5.75 Å². The zero-order valence-corrected chi connectivity index (χ0v) is 10.7. The van der Waals surface area contributed by atoms with Crippen molar-refractivity contribution in [3.8, 4) is 0 Å². The van der Waals surface area contributed by atoms with E-state index in [2.05, 4.69) is 15.5 Å². The molecule has 1 amide bonds. The second kappa shape index (κ2) is 5.38. The van der Waals surface area contributed by atoms with E-state index in [-0.39, 0.29) is 18.2 Å². The molecule has 1 fully saturated rings. The number of carbonyl (C=O) groups excluding carboxylic acids is 1. The first-order valence-electron chi connectivity index (χ1n) is 5.60. The first kappa shape index (κ1) is 12.9. The number of hydrogen-bond donors (Lipinski definition) is 2. The van der Waals surface area contributed by atoms with Crippen molar-refractivity contribution in [1.29, 1.82) is 0 Å². The highest BCUT2D eigenvalue weighted by molar-refractivity contribution is 7.99. The lowest BCUT2D eigenvalue weighted by molar-refractivity contribution is -0.133. The summed E-state index contributed by atoms with van der Waals surface area (Å²) in [5.41, 5.74) is 0. The fraction of sp³-hybridized carbons (Fsp3) is 0.600. The number of nitrogens with zero attached hydrogens (tertiary/aromatic N) is 3. The summed E-state index contributed by atoms with van der Waals surface area (Å²) in [6.07, 6.45) is 2.07. The minimum absolute atomic E-state index is 0.0856. The van der Waals surface area contributed by atoms with Crippen LogP contribution in [-0.4, -0.2) is 43.5 Å². The number of aromatic nitrogens is 3. The number of amides is 1. The number of aliphatic carboxylic acids is 1. The van der Waals surface area contributed by atoms with Crippen molar-refractivity contribution in [3.05, 3.63) is 5.82 Å². The molecule has 0 atom stereocenters. The van der Waals surface area contributed by atoms with Gasteiger partial charge in [-0.2, -0.15) is 0 Å². The Kier molecular flexibility index (Phi) is 3.85. The number of carboxylic acid groups (broad SMARTS) is 1. The summed E-state index contributed by atoms with van der Waals surface area (Å²) in [7, 11) is 0. The van der Waals surface area contributed by atoms with Crippen molar-refractivity contribution in [2.45, 2.75) is 37.5 Å². The summed E-state index contributed by atoms with van der Waals surface area (Å²) in [5, 5.41) is 19.7. The monoisotopic (exact) mass is 270 g/mol. The van der Waals surface area contributed by atoms with E-state index in [0.717, 1.165) is 24.6 Å². The summed E-state index contributed by atoms with van der Waals surface area (Å²) >= 11 is 1.06. The average Bonchev–Trinajstić information content (AvgIpc) is 3.03. The van der Waals surface area contributed by atoms with Crippen LogP contribution in [0.5, 0.6) is 0 Å². The van der Waals surface area contributed by atoms with Gasteiger partial charge in [-0.25, -0.2) is 0 Å². The molecule has 1 heterocycles. The summed E-state index contributed by atoms with van der Waals surface area (Å²) in [4.78, 5) is 22.2. The van der Waals surface area contributed by atoms with E-state index >= 15 is 0 Å². The second-order valence-corrected chi connectivity index (χ2v) is 5.08. The highest BCUT2D eigenvalue weighted by Gasteiger charge is 2.24. The molecule has 0 unspecified atom stereocenters. The molecule has 2 rings (SSSR count). The Morgan fingerprint density at radius 2 is 2.22 bits per heavy atom. The quantitative estimate of drug-likeness (QED) is 0.708. The number of nitrogens with one attached hydrogen (secondary N) is 1. The predicted molar refractivity (Wildman–Crippen MR) is 64.3 cm³/mol. The Labute approximate surface area is 108 Å². The third-order valence-corrected chi connectivity index (χ3v) is 3.42. The molecular formula is C10H14N4O3S. The standard InChI is InChI=1S/C10H14N4O3S/c1-6-12-13-10(18-5-9(16)17)14(6)4-8(15)11-7-2-3-7/h7H,2-5H2,1H3,(H,11,15)(H,16,17). The maximum absolute atomic E-state index is 11.7. The van der Waals surface area contributed by atoms with Crippen molar-refractivity contribution in [3.63, 3.8) is 0 Å². The largest absolute Gasteiger partial charge is 0.481 e. The fourth-order valence-electron chi connectivity index (χ4n) is 1.42. The van der Waals surface area contributed by atoms with E-state index in [1.165, 1.54) is 0 Å². The molecule has 0 radical (unpaired) electrons. The van der Waals surface area contributed by atoms with Gasteiger partial charge in [0.1, 0.15) is 12.4 Å². The molecule has 1 aromatic rings. The number of thioether (sulfide) groups is 1. The molecule has 2 N–H and O–H groups in total. The van der Waals surface area contributed by atoms with E-state index in [1.54, 1.807) is 11.5 Å². The molecule has 98 valence electrons. The van der Waals surface area contributed by atoms with E-state index in [4.69, 9.17) is 5.11 Å². The first-order valence-corrected chi connectivity index (χ1v) is 6.58. The van der Waals surface area contributed by atoms with Gasteiger partial charge in [0.15, 0.2) is 5.16 Å². The zero-order valence-electron chi connectivity index (χ0n) is 9.92. The summed E-state index contributed by atoms with van der Waals surface area (Å²) in [6, 6.07) is 0.310. The molecule has 7 nitrogen and oxygen atoms in total. The van der Waals surface area contributed by atoms with E-state index in [1.807, 2.05) is 0 Å². The normalized spacial score (nSPS) is 14.5. The highest BCUT2D eigenvalue weighted by Crippen LogP contribution is 2.19. The van der Waals surface area contributed by atoms with Gasteiger partial charge in [-0.15, -0.1) is 10.2 Å². The van der Waals surface area contributed by atoms with E-state index in [9.17, 15) is 9.59 Å². The van der Waals surface area contributed by atoms with Gasteiger partial charge >= 0.3 is 5.97 Å². The summed E-state index contributed by atoms with van der Waals surface area (Å²) in [6.45, 7) is 1.87. The van der Waals surface area contributed by atoms with Gasteiger partial charge in [-0.05, 0) is 19.8 Å². The van der Waals surface area contributed by atoms with Crippen LogP contribution in [0.3, 0.4) is 0 Å². The molecule has 8 heteroatoms. The SMILES string of the molecule is Cc1nnc(SCC(=O)O)n1CC(=O)NC1CC1. The maximum Gasteiger partial charge on any atom is 0.313 e. The molecule has 18 heavy (non-hydrogen) atoms. The maximum atomic E-state index is 11.7. The molecule has 1 saturated carbocycles. The molecule has 0 aliphatic heterocycles. The Hall–Kier alpha value is -1.57. The molecule has 0 aromatic carbocycles. The number of hydrogen-bond acceptors (Lipinski definition) is 5. The Balaban J connectivity index is 1.98. The van der Waals surface area contributed by atoms with Crippen LogP contribution in [0.2, 0.25) is 0 Å². The minimum atomic E-state index is -0.922. The number of carboxylic acids is 1. The number of aryl methyl sites for hydroxylation is 1. The molecule has 0 spiro atoms. The van der Waals surface area contributed by atoms with Gasteiger partial charge in [0.05, 0.1) is 5.75 Å². The van der Waals surface area contributed by atoms with Crippen LogP contribution in [0.1, 0.15) is 18.7 Å². The summed E-state index contributed by atoms with van der Waals surface area (Å²) < 4.78 is 1.63. The van der Waals surface area contributed by atoms with Gasteiger partial charge in [-0.3, -0.25) is 14.2 Å². The lowest BCUT2D eigenvalue weighted by Crippen LogP contribution is -2.29.